The molecular formula is C15H20O4. The van der Waals surface area contributed by atoms with Crippen LogP contribution in [0.1, 0.15) is 32.3 Å². The van der Waals surface area contributed by atoms with Gasteiger partial charge in [0.15, 0.2) is 0 Å². The first-order valence-corrected chi connectivity index (χ1v) is 6.36. The van der Waals surface area contributed by atoms with Gasteiger partial charge in [-0.2, -0.15) is 0 Å². The summed E-state index contributed by atoms with van der Waals surface area (Å²) in [5.41, 5.74) is 0.732. The second-order valence-electron chi connectivity index (χ2n) is 4.13. The van der Waals surface area contributed by atoms with Gasteiger partial charge in [0.1, 0.15) is 11.5 Å². The topological polar surface area (TPSA) is 55.8 Å². The van der Waals surface area contributed by atoms with Crippen molar-refractivity contribution in [1.82, 2.24) is 0 Å². The van der Waals surface area contributed by atoms with Crippen molar-refractivity contribution in [3.63, 3.8) is 0 Å². The highest BCUT2D eigenvalue weighted by atomic mass is 16.5. The predicted octanol–water partition coefficient (Wildman–Crippen LogP) is 3.36. The highest BCUT2D eigenvalue weighted by Gasteiger charge is 2.09. The minimum Gasteiger partial charge on any atom is -0.497 e. The zero-order valence-electron chi connectivity index (χ0n) is 11.6. The van der Waals surface area contributed by atoms with E-state index in [1.807, 2.05) is 0 Å². The molecule has 0 amide bonds. The SMILES string of the molecule is CCC(CC)Oc1cc(OC)ccc1C=CC(=O)O. The van der Waals surface area contributed by atoms with E-state index >= 15 is 0 Å². The minimum absolute atomic E-state index is 0.115. The maximum Gasteiger partial charge on any atom is 0.328 e. The van der Waals surface area contributed by atoms with Crippen LogP contribution in [0.25, 0.3) is 6.08 Å². The van der Waals surface area contributed by atoms with Crippen LogP contribution in [0, 0.1) is 0 Å². The van der Waals surface area contributed by atoms with E-state index in [9.17, 15) is 4.79 Å². The van der Waals surface area contributed by atoms with Crippen molar-refractivity contribution < 1.29 is 19.4 Å². The summed E-state index contributed by atoms with van der Waals surface area (Å²) in [6, 6.07) is 5.34. The fraction of sp³-hybridized carbons (Fsp3) is 0.400. The number of rotatable bonds is 7. The monoisotopic (exact) mass is 264 g/mol. The highest BCUT2D eigenvalue weighted by Crippen LogP contribution is 2.27. The summed E-state index contributed by atoms with van der Waals surface area (Å²) in [6.07, 6.45) is 4.54. The molecule has 1 N–H and O–H groups in total. The maximum atomic E-state index is 10.6. The molecule has 0 aliphatic heterocycles. The Bertz CT molecular complexity index is 447. The van der Waals surface area contributed by atoms with Gasteiger partial charge in [0, 0.05) is 17.7 Å². The number of carboxylic acid groups (broad SMARTS) is 1. The van der Waals surface area contributed by atoms with Gasteiger partial charge in [0.2, 0.25) is 0 Å². The minimum atomic E-state index is -0.982. The van der Waals surface area contributed by atoms with Crippen LogP contribution >= 0.6 is 0 Å². The van der Waals surface area contributed by atoms with Crippen molar-refractivity contribution >= 4 is 12.0 Å². The smallest absolute Gasteiger partial charge is 0.328 e. The Hall–Kier alpha value is -1.97. The number of methoxy groups -OCH3 is 1. The molecule has 0 aliphatic rings. The van der Waals surface area contributed by atoms with Gasteiger partial charge in [0.05, 0.1) is 13.2 Å². The van der Waals surface area contributed by atoms with Gasteiger partial charge in [-0.05, 0) is 31.1 Å². The molecule has 1 aromatic carbocycles. The van der Waals surface area contributed by atoms with Crippen molar-refractivity contribution in [2.75, 3.05) is 7.11 Å². The highest BCUT2D eigenvalue weighted by molar-refractivity contribution is 5.86. The molecule has 0 saturated carbocycles. The van der Waals surface area contributed by atoms with E-state index in [2.05, 4.69) is 13.8 Å². The van der Waals surface area contributed by atoms with E-state index in [1.54, 1.807) is 25.3 Å². The molecule has 0 unspecified atom stereocenters. The lowest BCUT2D eigenvalue weighted by Gasteiger charge is -2.18. The summed E-state index contributed by atoms with van der Waals surface area (Å²) in [7, 11) is 1.59. The summed E-state index contributed by atoms with van der Waals surface area (Å²) in [4.78, 5) is 10.6. The van der Waals surface area contributed by atoms with Crippen LogP contribution in [0.5, 0.6) is 11.5 Å². The third kappa shape index (κ3) is 4.66. The summed E-state index contributed by atoms with van der Waals surface area (Å²) in [6.45, 7) is 4.11. The van der Waals surface area contributed by atoms with Crippen LogP contribution in [-0.2, 0) is 4.79 Å². The van der Waals surface area contributed by atoms with Gasteiger partial charge in [-0.25, -0.2) is 4.79 Å². The zero-order chi connectivity index (χ0) is 14.3. The van der Waals surface area contributed by atoms with Crippen LogP contribution in [0.4, 0.5) is 0 Å². The van der Waals surface area contributed by atoms with Crippen LogP contribution in [-0.4, -0.2) is 24.3 Å². The van der Waals surface area contributed by atoms with Crippen LogP contribution < -0.4 is 9.47 Å². The Kier molecular flexibility index (Phi) is 5.93. The summed E-state index contributed by atoms with van der Waals surface area (Å²) < 4.78 is 11.1. The lowest BCUT2D eigenvalue weighted by atomic mass is 10.1. The van der Waals surface area contributed by atoms with Gasteiger partial charge in [-0.3, -0.25) is 0 Å². The average Bonchev–Trinajstić information content (AvgIpc) is 2.42. The maximum absolute atomic E-state index is 10.6. The number of carboxylic acids is 1. The molecule has 0 aliphatic carbocycles. The normalized spacial score (nSPS) is 10.9. The molecule has 1 rings (SSSR count). The lowest BCUT2D eigenvalue weighted by Crippen LogP contribution is -2.14. The van der Waals surface area contributed by atoms with Gasteiger partial charge < -0.3 is 14.6 Å². The molecule has 104 valence electrons. The fourth-order valence-corrected chi connectivity index (χ4v) is 1.68. The molecule has 19 heavy (non-hydrogen) atoms. The number of hydrogen-bond donors (Lipinski definition) is 1. The van der Waals surface area contributed by atoms with Crippen LogP contribution in [0.3, 0.4) is 0 Å². The molecule has 0 atom stereocenters. The van der Waals surface area contributed by atoms with E-state index in [4.69, 9.17) is 14.6 Å². The predicted molar refractivity (Wildman–Crippen MR) is 74.7 cm³/mol. The Morgan fingerprint density at radius 2 is 2.05 bits per heavy atom. The van der Waals surface area contributed by atoms with Crippen molar-refractivity contribution in [2.45, 2.75) is 32.8 Å². The number of aliphatic carboxylic acids is 1. The van der Waals surface area contributed by atoms with E-state index in [-0.39, 0.29) is 6.10 Å². The zero-order valence-corrected chi connectivity index (χ0v) is 11.6. The third-order valence-electron chi connectivity index (χ3n) is 2.83. The number of benzene rings is 1. The third-order valence-corrected chi connectivity index (χ3v) is 2.83. The Balaban J connectivity index is 3.04. The van der Waals surface area contributed by atoms with E-state index in [0.29, 0.717) is 11.5 Å². The standard InChI is InChI=1S/C15H20O4/c1-4-12(5-2)19-14-10-13(18-3)8-6-11(14)7-9-15(16)17/h6-10,12H,4-5H2,1-3H3,(H,16,17). The van der Waals surface area contributed by atoms with Gasteiger partial charge >= 0.3 is 5.97 Å². The summed E-state index contributed by atoms with van der Waals surface area (Å²) in [5, 5.41) is 8.69. The van der Waals surface area contributed by atoms with Crippen LogP contribution in [0.15, 0.2) is 24.3 Å². The second kappa shape index (κ2) is 7.46. The fourth-order valence-electron chi connectivity index (χ4n) is 1.68. The Morgan fingerprint density at radius 1 is 1.37 bits per heavy atom. The molecule has 0 saturated heterocycles. The number of hydrogen-bond acceptors (Lipinski definition) is 3. The van der Waals surface area contributed by atoms with Gasteiger partial charge in [-0.1, -0.05) is 13.8 Å². The van der Waals surface area contributed by atoms with E-state index in [0.717, 1.165) is 24.5 Å². The lowest BCUT2D eigenvalue weighted by molar-refractivity contribution is -0.131. The van der Waals surface area contributed by atoms with Crippen molar-refractivity contribution in [3.8, 4) is 11.5 Å². The molecule has 0 aromatic heterocycles. The Morgan fingerprint density at radius 3 is 2.58 bits per heavy atom. The quantitative estimate of drug-likeness (QED) is 0.767. The van der Waals surface area contributed by atoms with Gasteiger partial charge in [0.25, 0.3) is 0 Å². The van der Waals surface area contributed by atoms with Gasteiger partial charge in [-0.15, -0.1) is 0 Å². The first-order chi connectivity index (χ1) is 9.10. The largest absolute Gasteiger partial charge is 0.497 e. The molecule has 0 radical (unpaired) electrons. The van der Waals surface area contributed by atoms with Crippen molar-refractivity contribution in [1.29, 1.82) is 0 Å². The molecule has 4 heteroatoms. The molecular weight excluding hydrogens is 244 g/mol. The molecule has 1 aromatic rings. The van der Waals surface area contributed by atoms with Crippen molar-refractivity contribution in [3.05, 3.63) is 29.8 Å². The number of ether oxygens (including phenoxy) is 2. The second-order valence-corrected chi connectivity index (χ2v) is 4.13. The first kappa shape index (κ1) is 15.1. The molecule has 4 nitrogen and oxygen atoms in total. The molecule has 0 fully saturated rings. The van der Waals surface area contributed by atoms with Crippen molar-refractivity contribution in [2.24, 2.45) is 0 Å². The summed E-state index contributed by atoms with van der Waals surface area (Å²) >= 11 is 0. The molecule has 0 spiro atoms. The summed E-state index contributed by atoms with van der Waals surface area (Å²) in [5.74, 6) is 0.350. The molecule has 0 bridgehead atoms. The van der Waals surface area contributed by atoms with Crippen LogP contribution in [0.2, 0.25) is 0 Å². The number of carbonyl (C=O) groups is 1. The first-order valence-electron chi connectivity index (χ1n) is 6.36. The van der Waals surface area contributed by atoms with E-state index < -0.39 is 5.97 Å². The molecule has 0 heterocycles. The Labute approximate surface area is 113 Å². The van der Waals surface area contributed by atoms with E-state index in [1.165, 1.54) is 6.08 Å². The average molecular weight is 264 g/mol.